The van der Waals surface area contributed by atoms with Crippen LogP contribution in [0.4, 0.5) is 0 Å². The lowest BCUT2D eigenvalue weighted by atomic mass is 10.2. The minimum Gasteiger partial charge on any atom is -0.482 e. The molecule has 0 spiro atoms. The van der Waals surface area contributed by atoms with Gasteiger partial charge in [-0.05, 0) is 42.0 Å². The van der Waals surface area contributed by atoms with E-state index in [0.717, 1.165) is 0 Å². The van der Waals surface area contributed by atoms with Gasteiger partial charge in [-0.15, -0.1) is 0 Å². The van der Waals surface area contributed by atoms with E-state index in [1.54, 1.807) is 36.4 Å². The van der Waals surface area contributed by atoms with E-state index >= 15 is 0 Å². The van der Waals surface area contributed by atoms with Crippen LogP contribution >= 0.6 is 23.2 Å². The van der Waals surface area contributed by atoms with E-state index in [0.29, 0.717) is 26.9 Å². The van der Waals surface area contributed by atoms with Crippen LogP contribution in [0.15, 0.2) is 47.6 Å². The molecular formula is C16H13Cl2N3O3. The van der Waals surface area contributed by atoms with Crippen LogP contribution in [0.25, 0.3) is 0 Å². The molecule has 0 unspecified atom stereocenters. The maximum Gasteiger partial charge on any atom is 0.271 e. The van der Waals surface area contributed by atoms with Gasteiger partial charge in [-0.1, -0.05) is 29.3 Å². The number of hydrazone groups is 1. The summed E-state index contributed by atoms with van der Waals surface area (Å²) in [6.07, 6.45) is 1.42. The van der Waals surface area contributed by atoms with Crippen molar-refractivity contribution in [3.05, 3.63) is 63.6 Å². The first-order valence-corrected chi connectivity index (χ1v) is 7.51. The minimum atomic E-state index is -0.597. The van der Waals surface area contributed by atoms with Gasteiger partial charge in [0, 0.05) is 10.6 Å². The summed E-state index contributed by atoms with van der Waals surface area (Å²) in [5, 5.41) is 4.61. The molecule has 2 amide bonds. The van der Waals surface area contributed by atoms with Gasteiger partial charge in [-0.25, -0.2) is 5.43 Å². The molecule has 2 aromatic carbocycles. The van der Waals surface area contributed by atoms with E-state index in [2.05, 4.69) is 10.5 Å². The van der Waals surface area contributed by atoms with E-state index in [1.807, 2.05) is 0 Å². The molecule has 0 atom stereocenters. The van der Waals surface area contributed by atoms with Crippen LogP contribution in [0.3, 0.4) is 0 Å². The second kappa shape index (κ2) is 8.33. The molecule has 0 heterocycles. The van der Waals surface area contributed by atoms with E-state index in [-0.39, 0.29) is 12.5 Å². The van der Waals surface area contributed by atoms with Crippen LogP contribution in [0, 0.1) is 0 Å². The van der Waals surface area contributed by atoms with Gasteiger partial charge in [0.05, 0.1) is 11.2 Å². The molecule has 3 N–H and O–H groups in total. The third-order valence-corrected chi connectivity index (χ3v) is 3.32. The number of benzene rings is 2. The highest BCUT2D eigenvalue weighted by atomic mass is 35.5. The summed E-state index contributed by atoms with van der Waals surface area (Å²) in [6.45, 7) is -0.261. The fourth-order valence-electron chi connectivity index (χ4n) is 1.72. The molecule has 0 bridgehead atoms. The van der Waals surface area contributed by atoms with Crippen molar-refractivity contribution in [3.8, 4) is 5.75 Å². The summed E-state index contributed by atoms with van der Waals surface area (Å²) < 4.78 is 5.13. The van der Waals surface area contributed by atoms with Gasteiger partial charge in [0.2, 0.25) is 0 Å². The Bertz CT molecular complexity index is 794. The second-order valence-electron chi connectivity index (χ2n) is 4.65. The Morgan fingerprint density at radius 2 is 2.00 bits per heavy atom. The second-order valence-corrected chi connectivity index (χ2v) is 5.50. The molecule has 0 saturated carbocycles. The van der Waals surface area contributed by atoms with Crippen molar-refractivity contribution in [3.63, 3.8) is 0 Å². The summed E-state index contributed by atoms with van der Waals surface area (Å²) in [6, 6.07) is 11.3. The summed E-state index contributed by atoms with van der Waals surface area (Å²) in [7, 11) is 0. The number of rotatable bonds is 6. The average Bonchev–Trinajstić information content (AvgIpc) is 2.53. The highest BCUT2D eigenvalue weighted by Crippen LogP contribution is 2.24. The zero-order chi connectivity index (χ0) is 17.5. The first-order valence-electron chi connectivity index (χ1n) is 6.75. The molecule has 6 nitrogen and oxygen atoms in total. The van der Waals surface area contributed by atoms with Crippen LogP contribution in [0.5, 0.6) is 5.75 Å². The molecule has 0 aliphatic heterocycles. The lowest BCUT2D eigenvalue weighted by molar-refractivity contribution is -0.119. The largest absolute Gasteiger partial charge is 0.482 e. The number of nitrogens with one attached hydrogen (secondary N) is 1. The van der Waals surface area contributed by atoms with Crippen molar-refractivity contribution in [2.75, 3.05) is 6.61 Å². The standard InChI is InChI=1S/C16H13Cl2N3O3/c17-12-3-1-2-11(7-12)16(23)21-20-8-10-4-5-14(13(18)6-10)24-9-15(19)22/h1-8H,9H2,(H2,19,22)(H,21,23). The van der Waals surface area contributed by atoms with Gasteiger partial charge in [-0.2, -0.15) is 5.10 Å². The number of ether oxygens (including phenoxy) is 1. The summed E-state index contributed by atoms with van der Waals surface area (Å²) in [5.41, 5.74) is 8.41. The smallest absolute Gasteiger partial charge is 0.271 e. The van der Waals surface area contributed by atoms with Crippen molar-refractivity contribution in [1.29, 1.82) is 0 Å². The number of carbonyl (C=O) groups excluding carboxylic acids is 2. The predicted molar refractivity (Wildman–Crippen MR) is 92.7 cm³/mol. The highest BCUT2D eigenvalue weighted by molar-refractivity contribution is 6.32. The first kappa shape index (κ1) is 17.8. The van der Waals surface area contributed by atoms with Crippen molar-refractivity contribution in [2.24, 2.45) is 10.8 Å². The van der Waals surface area contributed by atoms with Crippen LogP contribution in [0.2, 0.25) is 10.0 Å². The Labute approximate surface area is 148 Å². The van der Waals surface area contributed by atoms with E-state index < -0.39 is 5.91 Å². The number of amides is 2. The molecule has 0 fully saturated rings. The normalized spacial score (nSPS) is 10.6. The molecule has 0 saturated heterocycles. The van der Waals surface area contributed by atoms with E-state index in [9.17, 15) is 9.59 Å². The quantitative estimate of drug-likeness (QED) is 0.608. The van der Waals surface area contributed by atoms with Crippen molar-refractivity contribution in [1.82, 2.24) is 5.43 Å². The maximum atomic E-state index is 11.9. The Morgan fingerprint density at radius 3 is 2.67 bits per heavy atom. The number of nitrogens with zero attached hydrogens (tertiary/aromatic N) is 1. The lowest BCUT2D eigenvalue weighted by Crippen LogP contribution is -2.20. The fraction of sp³-hybridized carbons (Fsp3) is 0.0625. The van der Waals surface area contributed by atoms with Crippen molar-refractivity contribution in [2.45, 2.75) is 0 Å². The topological polar surface area (TPSA) is 93.8 Å². The average molecular weight is 366 g/mol. The molecule has 0 aliphatic carbocycles. The summed E-state index contributed by atoms with van der Waals surface area (Å²) in [5.74, 6) is -0.655. The Balaban J connectivity index is 1.98. The molecule has 0 aliphatic rings. The molecule has 124 valence electrons. The van der Waals surface area contributed by atoms with Crippen molar-refractivity contribution < 1.29 is 14.3 Å². The minimum absolute atomic E-state index is 0.261. The Kier molecular flexibility index (Phi) is 6.17. The van der Waals surface area contributed by atoms with Gasteiger partial charge in [0.1, 0.15) is 5.75 Å². The van der Waals surface area contributed by atoms with Crippen LogP contribution in [0.1, 0.15) is 15.9 Å². The molecule has 24 heavy (non-hydrogen) atoms. The molecule has 2 aromatic rings. The molecule has 8 heteroatoms. The highest BCUT2D eigenvalue weighted by Gasteiger charge is 2.05. The third kappa shape index (κ3) is 5.26. The molecule has 2 rings (SSSR count). The SMILES string of the molecule is NC(=O)COc1ccc(C=NNC(=O)c2cccc(Cl)c2)cc1Cl. The van der Waals surface area contributed by atoms with Gasteiger partial charge < -0.3 is 10.5 Å². The van der Waals surface area contributed by atoms with Crippen LogP contribution in [-0.4, -0.2) is 24.6 Å². The Hall–Kier alpha value is -2.57. The third-order valence-electron chi connectivity index (χ3n) is 2.79. The Morgan fingerprint density at radius 1 is 1.21 bits per heavy atom. The van der Waals surface area contributed by atoms with Gasteiger partial charge in [-0.3, -0.25) is 9.59 Å². The summed E-state index contributed by atoms with van der Waals surface area (Å²) in [4.78, 5) is 22.6. The number of hydrogen-bond acceptors (Lipinski definition) is 4. The van der Waals surface area contributed by atoms with Crippen LogP contribution in [-0.2, 0) is 4.79 Å². The van der Waals surface area contributed by atoms with Crippen molar-refractivity contribution >= 4 is 41.2 Å². The van der Waals surface area contributed by atoms with Gasteiger partial charge in [0.15, 0.2) is 6.61 Å². The fourth-order valence-corrected chi connectivity index (χ4v) is 2.16. The van der Waals surface area contributed by atoms with Gasteiger partial charge in [0.25, 0.3) is 11.8 Å². The zero-order valence-corrected chi connectivity index (χ0v) is 13.8. The number of primary amides is 1. The monoisotopic (exact) mass is 365 g/mol. The number of nitrogens with two attached hydrogens (primary N) is 1. The molecular weight excluding hydrogens is 353 g/mol. The van der Waals surface area contributed by atoms with Gasteiger partial charge >= 0.3 is 0 Å². The number of carbonyl (C=O) groups is 2. The number of halogens is 2. The predicted octanol–water partition coefficient (Wildman–Crippen LogP) is 2.62. The molecule has 0 radical (unpaired) electrons. The number of hydrogen-bond donors (Lipinski definition) is 2. The lowest BCUT2D eigenvalue weighted by Gasteiger charge is -2.06. The molecule has 0 aromatic heterocycles. The first-order chi connectivity index (χ1) is 11.5. The van der Waals surface area contributed by atoms with E-state index in [1.165, 1.54) is 12.3 Å². The van der Waals surface area contributed by atoms with Crippen LogP contribution < -0.4 is 15.9 Å². The summed E-state index contributed by atoms with van der Waals surface area (Å²) >= 11 is 11.8. The van der Waals surface area contributed by atoms with E-state index in [4.69, 9.17) is 33.7 Å². The zero-order valence-electron chi connectivity index (χ0n) is 12.3. The maximum absolute atomic E-state index is 11.9.